The van der Waals surface area contributed by atoms with E-state index in [2.05, 4.69) is 19.9 Å². The lowest BCUT2D eigenvalue weighted by molar-refractivity contribution is -0.0346. The number of carbonyl (C=O) groups is 1. The highest BCUT2D eigenvalue weighted by Gasteiger charge is 2.76. The van der Waals surface area contributed by atoms with Gasteiger partial charge >= 0.3 is 0 Å². The minimum absolute atomic E-state index is 0.0364. The average Bonchev–Trinajstić information content (AvgIpc) is 3.43. The van der Waals surface area contributed by atoms with Crippen molar-refractivity contribution in [2.45, 2.75) is 31.9 Å². The molecule has 0 radical (unpaired) electrons. The molecule has 0 bridgehead atoms. The Hall–Kier alpha value is -3.06. The van der Waals surface area contributed by atoms with Crippen LogP contribution in [0, 0.1) is 18.3 Å². The minimum atomic E-state index is -0.0832. The van der Waals surface area contributed by atoms with Gasteiger partial charge in [0, 0.05) is 42.3 Å². The molecule has 3 aromatic heterocycles. The van der Waals surface area contributed by atoms with Crippen LogP contribution in [0.4, 0.5) is 0 Å². The number of rotatable bonds is 4. The van der Waals surface area contributed by atoms with Gasteiger partial charge in [0.05, 0.1) is 16.6 Å². The van der Waals surface area contributed by atoms with Crippen LogP contribution in [-0.4, -0.2) is 49.4 Å². The molecule has 156 valence electrons. The van der Waals surface area contributed by atoms with Crippen LogP contribution in [0.5, 0.6) is 5.88 Å². The van der Waals surface area contributed by atoms with Gasteiger partial charge in [-0.25, -0.2) is 19.9 Å². The second-order valence-electron chi connectivity index (χ2n) is 8.63. The molecule has 3 fully saturated rings. The number of hydrogen-bond acceptors (Lipinski definition) is 6. The number of nitrogens with zero attached hydrogens (tertiary/aromatic N) is 5. The van der Waals surface area contributed by atoms with E-state index in [-0.39, 0.29) is 23.5 Å². The fourth-order valence-corrected chi connectivity index (χ4v) is 5.43. The summed E-state index contributed by atoms with van der Waals surface area (Å²) in [6, 6.07) is 9.08. The first-order valence-corrected chi connectivity index (χ1v) is 10.8. The summed E-state index contributed by atoms with van der Waals surface area (Å²) in [5.41, 5.74) is 2.04. The van der Waals surface area contributed by atoms with E-state index in [1.807, 2.05) is 24.0 Å². The van der Waals surface area contributed by atoms with Crippen LogP contribution < -0.4 is 4.74 Å². The van der Waals surface area contributed by atoms with Crippen LogP contribution >= 0.6 is 11.6 Å². The third-order valence-corrected chi connectivity index (χ3v) is 7.06. The molecular weight excluding hydrogens is 414 g/mol. The van der Waals surface area contributed by atoms with Crippen molar-refractivity contribution in [1.82, 2.24) is 24.8 Å². The van der Waals surface area contributed by atoms with E-state index >= 15 is 0 Å². The summed E-state index contributed by atoms with van der Waals surface area (Å²) in [5, 5.41) is 0.568. The Morgan fingerprint density at radius 1 is 1.16 bits per heavy atom. The average molecular weight is 434 g/mol. The van der Waals surface area contributed by atoms with Crippen molar-refractivity contribution < 1.29 is 9.53 Å². The van der Waals surface area contributed by atoms with Gasteiger partial charge in [-0.15, -0.1) is 0 Å². The molecule has 3 aromatic rings. The maximum Gasteiger partial charge on any atom is 0.273 e. The molecule has 4 heterocycles. The van der Waals surface area contributed by atoms with Gasteiger partial charge in [-0.3, -0.25) is 4.79 Å². The van der Waals surface area contributed by atoms with Crippen molar-refractivity contribution in [3.63, 3.8) is 0 Å². The van der Waals surface area contributed by atoms with Crippen molar-refractivity contribution in [3.05, 3.63) is 65.3 Å². The van der Waals surface area contributed by atoms with Crippen molar-refractivity contribution >= 4 is 17.5 Å². The lowest BCUT2D eigenvalue weighted by Gasteiger charge is -2.46. The van der Waals surface area contributed by atoms with Gasteiger partial charge in [0.25, 0.3) is 5.91 Å². The fourth-order valence-electron chi connectivity index (χ4n) is 5.31. The number of piperidine rings is 1. The molecule has 2 saturated carbocycles. The zero-order valence-electron chi connectivity index (χ0n) is 16.9. The molecule has 3 aliphatic rings. The highest BCUT2D eigenvalue weighted by molar-refractivity contribution is 6.30. The van der Waals surface area contributed by atoms with E-state index in [0.717, 1.165) is 25.1 Å². The van der Waals surface area contributed by atoms with Crippen molar-refractivity contribution in [2.75, 3.05) is 6.54 Å². The minimum Gasteiger partial charge on any atom is -0.472 e. The third kappa shape index (κ3) is 2.91. The Morgan fingerprint density at radius 2 is 2.00 bits per heavy atom. The van der Waals surface area contributed by atoms with E-state index in [1.54, 1.807) is 36.8 Å². The van der Waals surface area contributed by atoms with Gasteiger partial charge in [-0.05, 0) is 49.9 Å². The Balaban J connectivity index is 1.31. The molecule has 4 unspecified atom stereocenters. The number of halogens is 1. The van der Waals surface area contributed by atoms with Gasteiger partial charge in [-0.2, -0.15) is 0 Å². The van der Waals surface area contributed by atoms with E-state index in [9.17, 15) is 4.79 Å². The zero-order valence-corrected chi connectivity index (χ0v) is 17.7. The van der Waals surface area contributed by atoms with Crippen LogP contribution in [0.25, 0.3) is 11.4 Å². The summed E-state index contributed by atoms with van der Waals surface area (Å²) < 4.78 is 6.16. The van der Waals surface area contributed by atoms with Gasteiger partial charge in [0.2, 0.25) is 5.88 Å². The molecule has 2 aliphatic carbocycles. The van der Waals surface area contributed by atoms with Crippen LogP contribution in [-0.2, 0) is 0 Å². The van der Waals surface area contributed by atoms with Gasteiger partial charge in [0.15, 0.2) is 5.82 Å². The largest absolute Gasteiger partial charge is 0.472 e. The number of ether oxygens (including phenoxy) is 1. The predicted octanol–water partition coefficient (Wildman–Crippen LogP) is 3.58. The number of pyridine rings is 2. The van der Waals surface area contributed by atoms with Crippen LogP contribution in [0.2, 0.25) is 5.02 Å². The van der Waals surface area contributed by atoms with Crippen LogP contribution in [0.3, 0.4) is 0 Å². The molecule has 1 saturated heterocycles. The van der Waals surface area contributed by atoms with Crippen molar-refractivity contribution in [3.8, 4) is 17.3 Å². The number of amides is 1. The van der Waals surface area contributed by atoms with Crippen molar-refractivity contribution in [1.29, 1.82) is 0 Å². The second kappa shape index (κ2) is 6.72. The molecule has 1 spiro atoms. The number of aryl methyl sites for hydroxylation is 1. The summed E-state index contributed by atoms with van der Waals surface area (Å²) in [5.74, 6) is 1.50. The first-order chi connectivity index (χ1) is 15.0. The zero-order chi connectivity index (χ0) is 21.2. The summed E-state index contributed by atoms with van der Waals surface area (Å²) in [6.07, 6.45) is 6.95. The standard InChI is InChI=1S/C23H20ClN5O2/c1-13-3-5-16(21-25-7-2-8-26-21)19(28-13)22(30)29-12-14-9-23(14)10-17(20(23)29)31-18-6-4-15(24)11-27-18/h2-8,11,14,17,20H,9-10,12H2,1H3. The summed E-state index contributed by atoms with van der Waals surface area (Å²) in [6.45, 7) is 2.62. The summed E-state index contributed by atoms with van der Waals surface area (Å²) >= 11 is 5.94. The highest BCUT2D eigenvalue weighted by atomic mass is 35.5. The van der Waals surface area contributed by atoms with Gasteiger partial charge in [-0.1, -0.05) is 11.6 Å². The van der Waals surface area contributed by atoms with Gasteiger partial charge in [0.1, 0.15) is 11.8 Å². The molecule has 7 nitrogen and oxygen atoms in total. The normalized spacial score (nSPS) is 27.8. The Labute approximate surface area is 184 Å². The summed E-state index contributed by atoms with van der Waals surface area (Å²) in [4.78, 5) is 33.2. The molecule has 0 N–H and O–H groups in total. The summed E-state index contributed by atoms with van der Waals surface area (Å²) in [7, 11) is 0. The topological polar surface area (TPSA) is 81.1 Å². The quantitative estimate of drug-likeness (QED) is 0.625. The number of likely N-dealkylation sites (tertiary alicyclic amines) is 1. The third-order valence-electron chi connectivity index (χ3n) is 6.83. The van der Waals surface area contributed by atoms with Crippen LogP contribution in [0.15, 0.2) is 48.9 Å². The Morgan fingerprint density at radius 3 is 2.77 bits per heavy atom. The smallest absolute Gasteiger partial charge is 0.273 e. The van der Waals surface area contributed by atoms with Gasteiger partial charge < -0.3 is 9.64 Å². The van der Waals surface area contributed by atoms with E-state index < -0.39 is 0 Å². The molecule has 8 heteroatoms. The molecule has 4 atom stereocenters. The first kappa shape index (κ1) is 18.7. The maximum atomic E-state index is 13.7. The molecule has 1 amide bonds. The maximum absolute atomic E-state index is 13.7. The number of carbonyl (C=O) groups excluding carboxylic acids is 1. The van der Waals surface area contributed by atoms with Crippen molar-refractivity contribution in [2.24, 2.45) is 11.3 Å². The Bertz CT molecular complexity index is 1170. The SMILES string of the molecule is Cc1ccc(-c2ncccn2)c(C(=O)N2CC3CC34CC(Oc3ccc(Cl)cn3)C24)n1. The molecule has 31 heavy (non-hydrogen) atoms. The molecule has 6 rings (SSSR count). The number of aromatic nitrogens is 4. The second-order valence-corrected chi connectivity index (χ2v) is 9.07. The fraction of sp³-hybridized carbons (Fsp3) is 0.348. The van der Waals surface area contributed by atoms with Crippen LogP contribution in [0.1, 0.15) is 29.0 Å². The highest BCUT2D eigenvalue weighted by Crippen LogP contribution is 2.71. The molecule has 0 aromatic carbocycles. The van der Waals surface area contributed by atoms with E-state index in [0.29, 0.717) is 33.9 Å². The van der Waals surface area contributed by atoms with E-state index in [4.69, 9.17) is 16.3 Å². The monoisotopic (exact) mass is 433 g/mol. The number of hydrogen-bond donors (Lipinski definition) is 0. The first-order valence-electron chi connectivity index (χ1n) is 10.4. The lowest BCUT2D eigenvalue weighted by atomic mass is 9.73. The Kier molecular flexibility index (Phi) is 4.05. The predicted molar refractivity (Wildman–Crippen MR) is 114 cm³/mol. The molecule has 1 aliphatic heterocycles. The molecular formula is C23H20ClN5O2. The van der Waals surface area contributed by atoms with E-state index in [1.165, 1.54) is 0 Å². The lowest BCUT2D eigenvalue weighted by Crippen LogP contribution is -2.59.